The zero-order valence-electron chi connectivity index (χ0n) is 88.9. The molecule has 26 heteroatoms. The Balaban J connectivity index is 0.000000211. The molecule has 144 heavy (non-hydrogen) atoms. The third-order valence-corrected chi connectivity index (χ3v) is 25.0. The Hall–Kier alpha value is -15.2. The van der Waals surface area contributed by atoms with Crippen molar-refractivity contribution >= 4 is 70.7 Å². The Labute approximate surface area is 849 Å². The minimum Gasteiger partial charge on any atom is -0.493 e. The van der Waals surface area contributed by atoms with Crippen LogP contribution >= 0.6 is 0 Å². The number of aliphatic hydroxyl groups is 1. The van der Waals surface area contributed by atoms with E-state index in [2.05, 4.69) is 196 Å². The van der Waals surface area contributed by atoms with Gasteiger partial charge < -0.3 is 66.7 Å². The summed E-state index contributed by atoms with van der Waals surface area (Å²) in [7, 11) is 8.06. The van der Waals surface area contributed by atoms with Crippen LogP contribution in [0.3, 0.4) is 0 Å². The van der Waals surface area contributed by atoms with Crippen molar-refractivity contribution in [2.75, 3.05) is 81.2 Å². The summed E-state index contributed by atoms with van der Waals surface area (Å²) in [5.74, 6) is 6.32. The number of aryl methyl sites for hydroxylation is 21. The lowest BCUT2D eigenvalue weighted by Crippen LogP contribution is -2.15. The third kappa shape index (κ3) is 33.5. The summed E-state index contributed by atoms with van der Waals surface area (Å²) in [5.41, 5.74) is 35.6. The molecule has 0 unspecified atom stereocenters. The van der Waals surface area contributed by atoms with E-state index in [0.717, 1.165) is 153 Å². The molecule has 0 saturated heterocycles. The monoisotopic (exact) mass is 1970 g/mol. The van der Waals surface area contributed by atoms with E-state index in [0.29, 0.717) is 67.3 Å². The van der Waals surface area contributed by atoms with Crippen molar-refractivity contribution in [1.82, 2.24) is 0 Å². The second kappa shape index (κ2) is 55.9. The number of methoxy groups -OCH3 is 6. The number of ether oxygens (including phenoxy) is 13. The van der Waals surface area contributed by atoms with E-state index in [4.69, 9.17) is 47.4 Å². The van der Waals surface area contributed by atoms with Gasteiger partial charge in [-0.05, 0) is 366 Å². The maximum Gasteiger partial charge on any atom is 0.411 e. The molecule has 0 atom stereocenters. The highest BCUT2D eigenvalue weighted by Gasteiger charge is 2.29. The number of aliphatic hydroxyl groups excluding tert-OH is 1. The summed E-state index contributed by atoms with van der Waals surface area (Å²) in [6.07, 6.45) is 0.246. The summed E-state index contributed by atoms with van der Waals surface area (Å²) in [4.78, 5) is 69.4. The normalized spacial score (nSPS) is 10.9. The van der Waals surface area contributed by atoms with Crippen LogP contribution in [0.5, 0.6) is 40.2 Å². The van der Waals surface area contributed by atoms with E-state index in [-0.39, 0.29) is 19.8 Å². The van der Waals surface area contributed by atoms with Crippen LogP contribution in [-0.4, -0.2) is 90.9 Å². The second-order valence-corrected chi connectivity index (χ2v) is 35.6. The van der Waals surface area contributed by atoms with Gasteiger partial charge in [0.05, 0.1) is 95.6 Å². The van der Waals surface area contributed by atoms with E-state index in [1.165, 1.54) is 117 Å². The van der Waals surface area contributed by atoms with Gasteiger partial charge in [0.15, 0.2) is 0 Å². The molecule has 13 rings (SSSR count). The molecule has 0 radical (unpaired) electrons. The number of nitrogens with one attached hydrogen (secondary N) is 6. The van der Waals surface area contributed by atoms with E-state index in [9.17, 15) is 33.9 Å². The lowest BCUT2D eigenvalue weighted by Gasteiger charge is -2.17. The second-order valence-electron chi connectivity index (χ2n) is 35.6. The molecule has 0 bridgehead atoms. The number of carbonyl (C=O) groups excluding carboxylic acids is 6. The molecule has 26 nitrogen and oxygen atoms in total. The van der Waals surface area contributed by atoms with Crippen LogP contribution in [-0.2, 0) is 81.1 Å². The number of carbonyl (C=O) groups is 6. The number of hydrogen-bond acceptors (Lipinski definition) is 20. The Morgan fingerprint density at radius 3 is 0.924 bits per heavy atom. The minimum atomic E-state index is -0.561. The van der Waals surface area contributed by atoms with Crippen LogP contribution in [0.25, 0.3) is 0 Å². The molecular weight excluding hydrogens is 1820 g/mol. The molecule has 0 heterocycles. The predicted octanol–water partition coefficient (Wildman–Crippen LogP) is 28.2. The highest BCUT2D eigenvalue weighted by Crippen LogP contribution is 2.44. The zero-order valence-corrected chi connectivity index (χ0v) is 88.9. The van der Waals surface area contributed by atoms with Gasteiger partial charge in [0.1, 0.15) is 79.9 Å². The largest absolute Gasteiger partial charge is 0.493 e. The maximum absolute atomic E-state index is 11.7. The van der Waals surface area contributed by atoms with Crippen molar-refractivity contribution in [1.29, 1.82) is 0 Å². The maximum atomic E-state index is 11.7. The van der Waals surface area contributed by atoms with E-state index >= 15 is 0 Å². The standard InChI is InChI=1S/C21H25NO3.C20H25NO4.C20H25NO3.C19H23NO4.2C19H23NO3/c1-13-10-15(3)20(11-14(13)2)25-12-18-17(16-8-9-16)6-5-7-19(18)22-21(23)24-4;1-6-24-18-9-7-8-17(21-20(22)23-5)16(18)12-25-19-11-14(3)13(2)10-15(19)4;1-6-16-8-7-9-18(21-20(22)23-5)17(16)12-24-19-11-14(3)13(2)10-15(19)4;1-12-8-14(3)18(9-13(12)2)24-11-16-15(10-21)6-5-7-17(16)20-19(22)23-4;1-12-6-9-17(15(4)10-12)23-11-16-13(2)7-8-14(3)18(16)20-19(21)22-5;1-12-7-6-8-17(20-19(21)22-5)16(12)11-23-18-10-14(3)13(2)9-15(18)4/h5-7,10-11,16H,8-9,12H2,1-4H3,(H,22,23);7-11H,6,12H2,1-5H3,(H,21,22);7-11H,6,12H2,1-5H3,(H,21,22);5-9,21H,10-11H2,1-4H3,(H,20,22);2*6-10H,11H2,1-5H3,(H,20,21). The number of benzene rings is 12. The van der Waals surface area contributed by atoms with Gasteiger partial charge in [0.25, 0.3) is 0 Å². The topological polar surface area (TPSA) is 315 Å². The molecule has 12 aromatic carbocycles. The number of anilines is 6. The number of rotatable bonds is 29. The summed E-state index contributed by atoms with van der Waals surface area (Å²) in [6, 6.07) is 59.3. The van der Waals surface area contributed by atoms with E-state index < -0.39 is 36.6 Å². The highest BCUT2D eigenvalue weighted by atomic mass is 16.6. The fraction of sp³-hybridized carbons (Fsp3) is 0.339. The molecular formula is C118H144N6O20. The quantitative estimate of drug-likeness (QED) is 0.0214. The Kier molecular flexibility index (Phi) is 44.3. The van der Waals surface area contributed by atoms with Crippen molar-refractivity contribution in [2.24, 2.45) is 0 Å². The van der Waals surface area contributed by atoms with Gasteiger partial charge in [-0.2, -0.15) is 0 Å². The van der Waals surface area contributed by atoms with Crippen LogP contribution in [0.2, 0.25) is 0 Å². The molecule has 766 valence electrons. The third-order valence-electron chi connectivity index (χ3n) is 25.0. The van der Waals surface area contributed by atoms with Gasteiger partial charge in [-0.25, -0.2) is 28.8 Å². The molecule has 0 spiro atoms. The smallest absolute Gasteiger partial charge is 0.411 e. The van der Waals surface area contributed by atoms with E-state index in [1.807, 2.05) is 160 Å². The van der Waals surface area contributed by atoms with Gasteiger partial charge in [0, 0.05) is 27.8 Å². The highest BCUT2D eigenvalue weighted by molar-refractivity contribution is 5.90. The number of amides is 6. The van der Waals surface area contributed by atoms with Crippen LogP contribution in [0.1, 0.15) is 194 Å². The van der Waals surface area contributed by atoms with E-state index in [1.54, 1.807) is 24.3 Å². The zero-order chi connectivity index (χ0) is 106. The minimum absolute atomic E-state index is 0.138. The van der Waals surface area contributed by atoms with Crippen molar-refractivity contribution in [2.45, 2.75) is 224 Å². The molecule has 0 aliphatic heterocycles. The van der Waals surface area contributed by atoms with Gasteiger partial charge in [-0.1, -0.05) is 122 Å². The summed E-state index contributed by atoms with van der Waals surface area (Å²) >= 11 is 0. The first-order chi connectivity index (χ1) is 68.7. The Morgan fingerprint density at radius 2 is 0.549 bits per heavy atom. The van der Waals surface area contributed by atoms with Gasteiger partial charge in [-0.3, -0.25) is 31.9 Å². The van der Waals surface area contributed by atoms with Crippen LogP contribution in [0.4, 0.5) is 62.9 Å². The van der Waals surface area contributed by atoms with Crippen LogP contribution in [0, 0.1) is 138 Å². The van der Waals surface area contributed by atoms with Gasteiger partial charge in [-0.15, -0.1) is 0 Å². The molecule has 6 amide bonds. The molecule has 1 aliphatic carbocycles. The Bertz CT molecular complexity index is 6330. The lowest BCUT2D eigenvalue weighted by atomic mass is 10.0. The summed E-state index contributed by atoms with van der Waals surface area (Å²) < 4.78 is 70.0. The molecule has 1 saturated carbocycles. The van der Waals surface area contributed by atoms with Gasteiger partial charge >= 0.3 is 36.6 Å². The molecule has 1 fully saturated rings. The predicted molar refractivity (Wildman–Crippen MR) is 573 cm³/mol. The van der Waals surface area contributed by atoms with Gasteiger partial charge in [0.2, 0.25) is 0 Å². The fourth-order valence-corrected chi connectivity index (χ4v) is 15.6. The Morgan fingerprint density at radius 1 is 0.257 bits per heavy atom. The van der Waals surface area contributed by atoms with Crippen molar-refractivity contribution < 1.29 is 95.5 Å². The molecule has 7 N–H and O–H groups in total. The fourth-order valence-electron chi connectivity index (χ4n) is 15.6. The first-order valence-corrected chi connectivity index (χ1v) is 47.9. The van der Waals surface area contributed by atoms with Crippen LogP contribution in [0.15, 0.2) is 182 Å². The number of hydrogen-bond donors (Lipinski definition) is 7. The first-order valence-electron chi connectivity index (χ1n) is 47.9. The lowest BCUT2D eigenvalue weighted by molar-refractivity contribution is 0.186. The molecule has 1 aliphatic rings. The van der Waals surface area contributed by atoms with Crippen LogP contribution < -0.4 is 65.1 Å². The first kappa shape index (κ1) is 114. The molecule has 0 aromatic heterocycles. The molecule has 12 aromatic rings. The average molecular weight is 1970 g/mol. The average Bonchev–Trinajstić information content (AvgIpc) is 1.64. The van der Waals surface area contributed by atoms with Crippen molar-refractivity contribution in [3.05, 3.63) is 343 Å². The SMILES string of the molecule is CCOc1cccc(NC(=O)OC)c1COc1cc(C)c(C)cc1C.CCc1cccc(NC(=O)OC)c1COc1cc(C)c(C)cc1C.COC(=O)Nc1c(C)ccc(C)c1COc1ccc(C)cc1C.COC(=O)Nc1cccc(C)c1COc1cc(C)c(C)cc1C.COC(=O)Nc1cccc(C2CC2)c1COc1cc(C)c(C)cc1C.COC(=O)Nc1cccc(CO)c1COc1cc(C)c(C)cc1C. The summed E-state index contributed by atoms with van der Waals surface area (Å²) in [5, 5.41) is 26.0. The van der Waals surface area contributed by atoms with Crippen molar-refractivity contribution in [3.8, 4) is 40.2 Å². The van der Waals surface area contributed by atoms with Crippen molar-refractivity contribution in [3.63, 3.8) is 0 Å². The summed E-state index contributed by atoms with van der Waals surface area (Å²) in [6.45, 7) is 47.4.